The molecule has 0 bridgehead atoms. The normalized spacial score (nSPS) is 10.7. The predicted molar refractivity (Wildman–Crippen MR) is 113 cm³/mol. The zero-order valence-corrected chi connectivity index (χ0v) is 17.6. The number of hydrogen-bond donors (Lipinski definition) is 2. The molecule has 0 aliphatic carbocycles. The van der Waals surface area contributed by atoms with E-state index in [1.165, 1.54) is 32.3 Å². The largest absolute Gasteiger partial charge is 0.496 e. The van der Waals surface area contributed by atoms with Crippen LogP contribution in [0.3, 0.4) is 0 Å². The van der Waals surface area contributed by atoms with Crippen LogP contribution in [0.4, 0.5) is 0 Å². The molecule has 8 heteroatoms. The van der Waals surface area contributed by atoms with Crippen LogP contribution in [0, 0.1) is 13.8 Å². The van der Waals surface area contributed by atoms with Crippen LogP contribution in [0.5, 0.6) is 5.75 Å². The van der Waals surface area contributed by atoms with E-state index in [1.54, 1.807) is 36.6 Å². The van der Waals surface area contributed by atoms with E-state index in [-0.39, 0.29) is 39.1 Å². The van der Waals surface area contributed by atoms with Crippen molar-refractivity contribution < 1.29 is 29.3 Å². The highest BCUT2D eigenvalue weighted by atomic mass is 32.1. The lowest BCUT2D eigenvalue weighted by molar-refractivity contribution is 0.0695. The van der Waals surface area contributed by atoms with Crippen molar-refractivity contribution in [1.29, 1.82) is 0 Å². The van der Waals surface area contributed by atoms with Gasteiger partial charge in [-0.25, -0.2) is 14.6 Å². The van der Waals surface area contributed by atoms with Crippen LogP contribution in [0.25, 0.3) is 22.4 Å². The third-order valence-corrected chi connectivity index (χ3v) is 5.55. The Morgan fingerprint density at radius 2 is 1.60 bits per heavy atom. The van der Waals surface area contributed by atoms with Crippen LogP contribution in [-0.4, -0.2) is 40.0 Å². The van der Waals surface area contributed by atoms with Gasteiger partial charge in [-0.2, -0.15) is 0 Å². The van der Waals surface area contributed by atoms with Crippen molar-refractivity contribution in [3.05, 3.63) is 56.9 Å². The van der Waals surface area contributed by atoms with E-state index < -0.39 is 17.7 Å². The molecule has 0 aliphatic rings. The average Bonchev–Trinajstić information content (AvgIpc) is 3.11. The molecule has 0 atom stereocenters. The number of carbonyl (C=O) groups excluding carboxylic acids is 1. The van der Waals surface area contributed by atoms with Crippen molar-refractivity contribution in [2.24, 2.45) is 0 Å². The number of methoxy groups -OCH3 is 1. The molecule has 0 unspecified atom stereocenters. The number of benzene rings is 2. The Balaban J connectivity index is 2.66. The lowest BCUT2D eigenvalue weighted by Crippen LogP contribution is -2.16. The minimum atomic E-state index is -1.36. The maximum Gasteiger partial charge on any atom is 0.337 e. The van der Waals surface area contributed by atoms with Crippen LogP contribution in [-0.2, 0) is 0 Å². The minimum absolute atomic E-state index is 0.0252. The SMILES string of the molecule is COc1ccccc1-c1c(C(C)=O)c(C)c(C(=O)O)c(-c2csc(C)n2)c1C(=O)O. The summed E-state index contributed by atoms with van der Waals surface area (Å²) in [6.07, 6.45) is 0. The van der Waals surface area contributed by atoms with Gasteiger partial charge in [-0.1, -0.05) is 18.2 Å². The summed E-state index contributed by atoms with van der Waals surface area (Å²) in [6.45, 7) is 4.53. The third kappa shape index (κ3) is 3.46. The van der Waals surface area contributed by atoms with Crippen LogP contribution in [0.15, 0.2) is 29.6 Å². The number of aromatic nitrogens is 1. The van der Waals surface area contributed by atoms with Gasteiger partial charge in [0.15, 0.2) is 5.78 Å². The van der Waals surface area contributed by atoms with Crippen molar-refractivity contribution in [3.63, 3.8) is 0 Å². The first-order valence-electron chi connectivity index (χ1n) is 8.93. The topological polar surface area (TPSA) is 114 Å². The second kappa shape index (κ2) is 8.08. The molecule has 0 spiro atoms. The van der Waals surface area contributed by atoms with Gasteiger partial charge in [0.1, 0.15) is 5.75 Å². The van der Waals surface area contributed by atoms with E-state index in [0.717, 1.165) is 0 Å². The maximum atomic E-state index is 12.6. The highest BCUT2D eigenvalue weighted by Crippen LogP contribution is 2.43. The Bertz CT molecular complexity index is 1190. The molecular weight excluding hydrogens is 406 g/mol. The van der Waals surface area contributed by atoms with Crippen LogP contribution >= 0.6 is 11.3 Å². The molecular formula is C22H19NO6S. The van der Waals surface area contributed by atoms with E-state index in [4.69, 9.17) is 4.74 Å². The number of aromatic carboxylic acids is 2. The van der Waals surface area contributed by atoms with Crippen molar-refractivity contribution >= 4 is 29.1 Å². The molecule has 2 N–H and O–H groups in total. The Labute approximate surface area is 176 Å². The van der Waals surface area contributed by atoms with Crippen LogP contribution < -0.4 is 4.74 Å². The van der Waals surface area contributed by atoms with E-state index in [2.05, 4.69) is 4.98 Å². The van der Waals surface area contributed by atoms with Gasteiger partial charge in [0.05, 0.1) is 28.9 Å². The molecule has 0 amide bonds. The Morgan fingerprint density at radius 3 is 2.10 bits per heavy atom. The summed E-state index contributed by atoms with van der Waals surface area (Å²) < 4.78 is 5.40. The first-order chi connectivity index (χ1) is 14.2. The average molecular weight is 425 g/mol. The van der Waals surface area contributed by atoms with Gasteiger partial charge in [0.2, 0.25) is 0 Å². The zero-order valence-electron chi connectivity index (χ0n) is 16.8. The fourth-order valence-corrected chi connectivity index (χ4v) is 4.25. The van der Waals surface area contributed by atoms with Crippen LogP contribution in [0.2, 0.25) is 0 Å². The quantitative estimate of drug-likeness (QED) is 0.550. The smallest absolute Gasteiger partial charge is 0.337 e. The molecule has 7 nitrogen and oxygen atoms in total. The number of para-hydroxylation sites is 1. The van der Waals surface area contributed by atoms with Gasteiger partial charge >= 0.3 is 11.9 Å². The Hall–Kier alpha value is -3.52. The number of aryl methyl sites for hydroxylation is 1. The lowest BCUT2D eigenvalue weighted by Gasteiger charge is -2.21. The van der Waals surface area contributed by atoms with Gasteiger partial charge in [-0.15, -0.1) is 11.3 Å². The molecule has 0 saturated heterocycles. The fourth-order valence-electron chi connectivity index (χ4n) is 3.65. The minimum Gasteiger partial charge on any atom is -0.496 e. The van der Waals surface area contributed by atoms with Gasteiger partial charge in [0, 0.05) is 27.6 Å². The van der Waals surface area contributed by atoms with Gasteiger partial charge in [-0.3, -0.25) is 4.79 Å². The standard InChI is InChI=1S/C22H19NO6S/c1-10-16(11(2)24)18(13-7-5-6-8-15(13)29-4)20(22(27)28)19(17(10)21(25)26)14-9-30-12(3)23-14/h5-9H,1-4H3,(H,25,26)(H,27,28). The molecule has 0 radical (unpaired) electrons. The Kier molecular flexibility index (Phi) is 5.71. The second-order valence-corrected chi connectivity index (χ2v) is 7.68. The summed E-state index contributed by atoms with van der Waals surface area (Å²) in [6, 6.07) is 6.71. The first kappa shape index (κ1) is 21.2. The van der Waals surface area contributed by atoms with Gasteiger partial charge in [0.25, 0.3) is 0 Å². The Morgan fingerprint density at radius 1 is 0.967 bits per heavy atom. The summed E-state index contributed by atoms with van der Waals surface area (Å²) in [7, 11) is 1.44. The summed E-state index contributed by atoms with van der Waals surface area (Å²) in [5, 5.41) is 22.4. The number of thiazole rings is 1. The number of ether oxygens (including phenoxy) is 1. The number of nitrogens with zero attached hydrogens (tertiary/aromatic N) is 1. The maximum absolute atomic E-state index is 12.6. The van der Waals surface area contributed by atoms with Crippen LogP contribution in [0.1, 0.15) is 48.6 Å². The van der Waals surface area contributed by atoms with E-state index in [0.29, 0.717) is 16.3 Å². The third-order valence-electron chi connectivity index (χ3n) is 4.78. The van der Waals surface area contributed by atoms with Gasteiger partial charge < -0.3 is 14.9 Å². The highest BCUT2D eigenvalue weighted by Gasteiger charge is 2.33. The molecule has 154 valence electrons. The second-order valence-electron chi connectivity index (χ2n) is 6.62. The first-order valence-corrected chi connectivity index (χ1v) is 9.80. The molecule has 3 rings (SSSR count). The number of rotatable bonds is 6. The lowest BCUT2D eigenvalue weighted by atomic mass is 9.81. The molecule has 30 heavy (non-hydrogen) atoms. The number of carbonyl (C=O) groups is 3. The summed E-state index contributed by atoms with van der Waals surface area (Å²) in [4.78, 5) is 41.6. The highest BCUT2D eigenvalue weighted by molar-refractivity contribution is 7.09. The van der Waals surface area contributed by atoms with E-state index in [1.807, 2.05) is 0 Å². The fraction of sp³-hybridized carbons (Fsp3) is 0.182. The number of carboxylic acid groups (broad SMARTS) is 2. The summed E-state index contributed by atoms with van der Waals surface area (Å²) in [5.74, 6) is -2.77. The zero-order chi connectivity index (χ0) is 22.2. The molecule has 1 aromatic heterocycles. The van der Waals surface area contributed by atoms with E-state index >= 15 is 0 Å². The van der Waals surface area contributed by atoms with Crippen molar-refractivity contribution in [2.45, 2.75) is 20.8 Å². The summed E-state index contributed by atoms with van der Waals surface area (Å²) >= 11 is 1.28. The number of carboxylic acids is 2. The molecule has 1 heterocycles. The van der Waals surface area contributed by atoms with Crippen molar-refractivity contribution in [3.8, 4) is 28.1 Å². The van der Waals surface area contributed by atoms with Gasteiger partial charge in [-0.05, 0) is 32.4 Å². The molecule has 0 aliphatic heterocycles. The van der Waals surface area contributed by atoms with E-state index in [9.17, 15) is 24.6 Å². The molecule has 3 aromatic rings. The molecule has 0 saturated carbocycles. The number of ketones is 1. The molecule has 2 aromatic carbocycles. The van der Waals surface area contributed by atoms with Crippen molar-refractivity contribution in [1.82, 2.24) is 4.98 Å². The van der Waals surface area contributed by atoms with Crippen molar-refractivity contribution in [2.75, 3.05) is 7.11 Å². The number of Topliss-reactive ketones (excluding diaryl/α,β-unsaturated/α-hetero) is 1. The number of hydrogen-bond acceptors (Lipinski definition) is 6. The summed E-state index contributed by atoms with van der Waals surface area (Å²) in [5.41, 5.74) is 0.391. The monoisotopic (exact) mass is 425 g/mol. The molecule has 0 fully saturated rings. The predicted octanol–water partition coefficient (Wildman–Crippen LogP) is 4.70.